The Morgan fingerprint density at radius 1 is 0.568 bits per heavy atom. The number of carbonyl (C=O) groups excluding carboxylic acids is 2. The van der Waals surface area contributed by atoms with Crippen molar-refractivity contribution in [2.45, 2.75) is 258 Å². The van der Waals surface area contributed by atoms with Crippen LogP contribution in [0.1, 0.15) is 199 Å². The van der Waals surface area contributed by atoms with Crippen LogP contribution in [0.15, 0.2) is 60.2 Å². The summed E-state index contributed by atoms with van der Waals surface area (Å²) in [5, 5.41) is 117. The molecule has 21 atom stereocenters. The Bertz CT molecular complexity index is 4540. The first-order chi connectivity index (χ1) is 52.4. The number of Topliss-reactive ketones (excluding diaryl/α,β-unsaturated/α-hetero) is 2. The quantitative estimate of drug-likeness (QED) is 0.0697. The summed E-state index contributed by atoms with van der Waals surface area (Å²) in [6.07, 6.45) is 21.1. The van der Waals surface area contributed by atoms with Gasteiger partial charge in [0.05, 0.1) is 149 Å². The van der Waals surface area contributed by atoms with Gasteiger partial charge in [-0.15, -0.1) is 0 Å². The Morgan fingerprint density at radius 3 is 1.69 bits per heavy atom. The summed E-state index contributed by atoms with van der Waals surface area (Å²) < 4.78 is 17.1. The maximum Gasteiger partial charge on any atom is 0.165 e. The Hall–Kier alpha value is -5.68. The predicted molar refractivity (Wildman–Crippen MR) is 419 cm³/mol. The van der Waals surface area contributed by atoms with Gasteiger partial charge in [-0.25, -0.2) is 0 Å². The lowest BCUT2D eigenvalue weighted by molar-refractivity contribution is -0.952. The summed E-state index contributed by atoms with van der Waals surface area (Å²) in [6, 6.07) is 16.9. The molecule has 7 saturated carbocycles. The average Bonchev–Trinajstić information content (AvgIpc) is 1.57. The smallest absolute Gasteiger partial charge is 0.165 e. The molecule has 18 aliphatic rings. The van der Waals surface area contributed by atoms with Crippen molar-refractivity contribution in [1.82, 2.24) is 0 Å². The number of nitrogens with zero attached hydrogens (tertiary/aromatic N) is 4. The number of ketones is 2. The molecule has 0 aromatic heterocycles. The van der Waals surface area contributed by atoms with Gasteiger partial charge in [0.15, 0.2) is 28.8 Å². The second-order valence-electron chi connectivity index (χ2n) is 42.4. The molecular weight excluding hydrogens is 1400 g/mol. The minimum atomic E-state index is -0.875. The Kier molecular flexibility index (Phi) is 17.4. The first kappa shape index (κ1) is 76.6. The number of hydrogen-bond donors (Lipinski definition) is 11. The average molecular weight is 1530 g/mol. The van der Waals surface area contributed by atoms with E-state index in [0.717, 1.165) is 149 Å². The molecule has 6 heterocycles. The van der Waals surface area contributed by atoms with Crippen molar-refractivity contribution in [3.8, 4) is 34.5 Å². The first-order valence-electron chi connectivity index (χ1n) is 42.8. The number of likely N-dealkylation sites (tertiary alicyclic amines) is 4. The minimum absolute atomic E-state index is 0.0158. The molecule has 3 spiro atoms. The summed E-state index contributed by atoms with van der Waals surface area (Å²) in [6.45, 7) is 17.0. The molecule has 6 aliphatic heterocycles. The van der Waals surface area contributed by atoms with Crippen LogP contribution in [0.2, 0.25) is 0 Å². The SMILES string of the molecule is CC(C)(C)C(C)(O)[C@H]1C[C@@]23CC[C@@]1(C)[C@@H]1Oc4c(O)ccc5c4[C@@]12CC[N@@+](C)(CC1CC1)[C@@H]3C5.C[N+]1(C)CC[C@@]23CC(=O)C(CO)=CC2C1Cc1ccc(CO)c(O)c13.C[N+]1(C)CC[C@@]23CC(=O)C(CO)CC2C1Cc1ccc(CO)c(O)c13.C[N@@+]1(CC2CCC2)CC[C@@]23c4c5ccc(O)c4OC2[C@H](O)CCC3(O)C1C5. The third kappa shape index (κ3) is 10.3. The predicted octanol–water partition coefficient (Wildman–Crippen LogP) is 9.18. The topological polar surface area (TPSA) is 275 Å². The van der Waals surface area contributed by atoms with Gasteiger partial charge in [0.1, 0.15) is 41.1 Å². The molecule has 602 valence electrons. The molecule has 9 unspecified atom stereocenters. The number of aliphatic hydroxyl groups excluding tert-OH is 5. The van der Waals surface area contributed by atoms with E-state index >= 15 is 0 Å². The number of hydrogen-bond acceptors (Lipinski definition) is 15. The number of likely N-dealkylation sites (N-methyl/N-ethyl adjacent to an activating group) is 4. The summed E-state index contributed by atoms with van der Waals surface area (Å²) in [7, 11) is 13.9. The number of carbonyl (C=O) groups is 2. The van der Waals surface area contributed by atoms with E-state index in [1.807, 2.05) is 36.4 Å². The first-order valence-corrected chi connectivity index (χ1v) is 42.8. The highest BCUT2D eigenvalue weighted by Gasteiger charge is 2.84. The zero-order chi connectivity index (χ0) is 78.7. The number of aliphatic hydroxyl groups is 7. The summed E-state index contributed by atoms with van der Waals surface area (Å²) in [5.41, 5.74) is 7.35. The van der Waals surface area contributed by atoms with Crippen LogP contribution in [-0.4, -0.2) is 234 Å². The highest BCUT2D eigenvalue weighted by Crippen LogP contribution is 2.81. The van der Waals surface area contributed by atoms with Gasteiger partial charge in [0, 0.05) is 154 Å². The Labute approximate surface area is 656 Å². The highest BCUT2D eigenvalue weighted by molar-refractivity contribution is 5.98. The van der Waals surface area contributed by atoms with Crippen LogP contribution in [0, 0.1) is 51.8 Å². The summed E-state index contributed by atoms with van der Waals surface area (Å²) >= 11 is 0. The zero-order valence-electron chi connectivity index (χ0n) is 68.0. The molecule has 0 radical (unpaired) electrons. The normalized spacial score (nSPS) is 41.5. The molecule has 4 saturated heterocycles. The molecule has 0 amide bonds. The van der Waals surface area contributed by atoms with E-state index in [2.05, 4.69) is 83.0 Å². The van der Waals surface area contributed by atoms with E-state index in [4.69, 9.17) is 9.47 Å². The van der Waals surface area contributed by atoms with E-state index in [1.54, 1.807) is 12.1 Å². The number of rotatable bonds is 9. The molecular formula is C92H128N4O15+4. The number of benzene rings is 4. The second kappa shape index (κ2) is 25.2. The molecule has 4 aromatic rings. The van der Waals surface area contributed by atoms with Crippen molar-refractivity contribution in [3.63, 3.8) is 0 Å². The fourth-order valence-electron chi connectivity index (χ4n) is 29.3. The summed E-state index contributed by atoms with van der Waals surface area (Å²) in [4.78, 5) is 25.4. The molecule has 19 nitrogen and oxygen atoms in total. The van der Waals surface area contributed by atoms with Gasteiger partial charge in [-0.1, -0.05) is 76.6 Å². The van der Waals surface area contributed by atoms with Gasteiger partial charge in [0.25, 0.3) is 0 Å². The lowest BCUT2D eigenvalue weighted by Gasteiger charge is -2.76. The van der Waals surface area contributed by atoms with Crippen LogP contribution >= 0.6 is 0 Å². The largest absolute Gasteiger partial charge is 0.507 e. The van der Waals surface area contributed by atoms with Crippen molar-refractivity contribution in [2.24, 2.45) is 51.8 Å². The van der Waals surface area contributed by atoms with Crippen LogP contribution in [-0.2, 0) is 70.1 Å². The molecule has 11 fully saturated rings. The molecule has 11 N–H and O–H groups in total. The maximum absolute atomic E-state index is 12.7. The van der Waals surface area contributed by atoms with Gasteiger partial charge in [-0.3, -0.25) is 9.59 Å². The van der Waals surface area contributed by atoms with Crippen LogP contribution in [0.4, 0.5) is 0 Å². The molecule has 10 bridgehead atoms. The van der Waals surface area contributed by atoms with E-state index in [1.165, 1.54) is 72.8 Å². The summed E-state index contributed by atoms with van der Waals surface area (Å²) in [5.74, 6) is 4.18. The third-order valence-electron chi connectivity index (χ3n) is 36.0. The van der Waals surface area contributed by atoms with Crippen molar-refractivity contribution in [2.75, 3.05) is 94.8 Å². The molecule has 4 aromatic carbocycles. The van der Waals surface area contributed by atoms with Gasteiger partial charge < -0.3 is 83.6 Å². The van der Waals surface area contributed by atoms with E-state index in [0.29, 0.717) is 78.4 Å². The fraction of sp³-hybridized carbons (Fsp3) is 0.696. The highest BCUT2D eigenvalue weighted by atomic mass is 16.5. The van der Waals surface area contributed by atoms with Gasteiger partial charge in [0.2, 0.25) is 0 Å². The van der Waals surface area contributed by atoms with E-state index < -0.39 is 34.2 Å². The minimum Gasteiger partial charge on any atom is -0.507 e. The zero-order valence-corrected chi connectivity index (χ0v) is 68.0. The Morgan fingerprint density at radius 2 is 1.11 bits per heavy atom. The number of fused-ring (bicyclic) bond motifs is 4. The van der Waals surface area contributed by atoms with Crippen molar-refractivity contribution in [3.05, 3.63) is 116 Å². The lowest BCUT2D eigenvalue weighted by Crippen LogP contribution is -2.82. The number of aromatic hydroxyl groups is 4. The van der Waals surface area contributed by atoms with Gasteiger partial charge in [-0.2, -0.15) is 0 Å². The maximum atomic E-state index is 12.7. The van der Waals surface area contributed by atoms with Crippen LogP contribution in [0.25, 0.3) is 0 Å². The molecule has 111 heavy (non-hydrogen) atoms. The van der Waals surface area contributed by atoms with Gasteiger partial charge in [-0.05, 0) is 117 Å². The monoisotopic (exact) mass is 1530 g/mol. The van der Waals surface area contributed by atoms with E-state index in [-0.39, 0.29) is 118 Å². The van der Waals surface area contributed by atoms with E-state index in [9.17, 15) is 65.8 Å². The second-order valence-corrected chi connectivity index (χ2v) is 42.4. The number of phenolic OH excluding ortho intramolecular Hbond substituents is 2. The van der Waals surface area contributed by atoms with Gasteiger partial charge >= 0.3 is 0 Å². The van der Waals surface area contributed by atoms with Crippen molar-refractivity contribution >= 4 is 11.6 Å². The fourth-order valence-corrected chi connectivity index (χ4v) is 29.3. The van der Waals surface area contributed by atoms with Crippen molar-refractivity contribution in [1.29, 1.82) is 0 Å². The van der Waals surface area contributed by atoms with Crippen molar-refractivity contribution < 1.29 is 93.2 Å². The number of quaternary nitrogens is 4. The molecule has 22 rings (SSSR count). The molecule has 19 heteroatoms. The van der Waals surface area contributed by atoms with Crippen LogP contribution in [0.3, 0.4) is 0 Å². The lowest BCUT2D eigenvalue weighted by atomic mass is 9.31. The number of phenols is 4. The number of ether oxygens (including phenoxy) is 2. The van der Waals surface area contributed by atoms with Crippen LogP contribution < -0.4 is 9.47 Å². The standard InChI is InChI=1S/C30H43NO3.C22H29NO4.C20H27NO4.C20H25NO4/c1-26(2,3)28(5,33)21-16-29-12-11-27(21,4)25-30(29)13-14-31(6,17-18-7-8-18)22(29)15-19-9-10-20(32)24(34-25)23(19)30;1-23(12-13-3-2-4-13)10-9-21-18-14-5-6-15(24)19(18)27-20(21)16(25)7-8-22(21,26)17(23)11-14;2*1-21(2)6-5-20-9-17(24)14(11-23)7-15(20)16(21)8-12-3-4-13(10-22)19(25)18(12)20/h9-10,18,21-22,25,33H,7-8,11-17H2,1-6H3;5-6,13,16-17,20,25-26H,2-4,7-12H2,1H3;3-4,14-16,22-23H,5-11H2,1-2H3;3-4,7,15-16,22-23H,5-6,8-11H2,1-2H3/p+4/t21-,22+,25-,27+,28?,29+,30-,31-;16-,17?,20?,21-,22?,23+;14?,15?,16?,20-;15?,16?,20-/m0111/s1. The van der Waals surface area contributed by atoms with Crippen LogP contribution in [0.5, 0.6) is 34.5 Å². The number of piperidine rings is 4. The molecule has 12 aliphatic carbocycles. The Balaban J connectivity index is 0.000000105. The third-order valence-corrected chi connectivity index (χ3v) is 36.0.